The number of hydrogen-bond acceptors (Lipinski definition) is 15. The van der Waals surface area contributed by atoms with Gasteiger partial charge >= 0.3 is 5.97 Å². The van der Waals surface area contributed by atoms with E-state index in [1.54, 1.807) is 55.4 Å². The molecule has 5 N–H and O–H groups in total. The zero-order chi connectivity index (χ0) is 42.7. The van der Waals surface area contributed by atoms with Crippen molar-refractivity contribution in [1.29, 1.82) is 0 Å². The van der Waals surface area contributed by atoms with Gasteiger partial charge in [-0.1, -0.05) is 26.7 Å². The number of carbonyl (C=O) groups is 1. The van der Waals surface area contributed by atoms with Gasteiger partial charge in [-0.25, -0.2) is 0 Å². The lowest BCUT2D eigenvalue weighted by molar-refractivity contribution is -0.329. The van der Waals surface area contributed by atoms with Crippen LogP contribution < -0.4 is 0 Å². The predicted octanol–water partition coefficient (Wildman–Crippen LogP) is 1.53. The van der Waals surface area contributed by atoms with E-state index in [1.807, 2.05) is 37.9 Å². The molecular formula is C41H74N2O13. The highest BCUT2D eigenvalue weighted by molar-refractivity contribution is 5.73. The van der Waals surface area contributed by atoms with Gasteiger partial charge in [-0.05, 0) is 88.4 Å². The molecule has 3 rings (SSSR count). The molecule has 326 valence electrons. The number of terminal acetylenes is 1. The highest BCUT2D eigenvalue weighted by atomic mass is 16.7. The number of likely N-dealkylation sites (N-methyl/N-ethyl adjacent to an activating group) is 2. The van der Waals surface area contributed by atoms with Crippen LogP contribution in [0.15, 0.2) is 0 Å². The molecule has 0 aliphatic carbocycles. The second-order valence-electron chi connectivity index (χ2n) is 17.7. The fourth-order valence-electron chi connectivity index (χ4n) is 9.17. The summed E-state index contributed by atoms with van der Waals surface area (Å²) >= 11 is 0. The number of cyclic esters (lactones) is 1. The molecule has 0 saturated carbocycles. The summed E-state index contributed by atoms with van der Waals surface area (Å²) in [6.45, 7) is 17.8. The van der Waals surface area contributed by atoms with E-state index < -0.39 is 114 Å². The van der Waals surface area contributed by atoms with E-state index in [9.17, 15) is 30.3 Å². The molecule has 0 unspecified atom stereocenters. The first-order valence-corrected chi connectivity index (χ1v) is 20.2. The van der Waals surface area contributed by atoms with E-state index >= 15 is 0 Å². The van der Waals surface area contributed by atoms with Crippen LogP contribution in [-0.2, 0) is 38.0 Å². The number of aliphatic hydroxyl groups excluding tert-OH is 3. The third kappa shape index (κ3) is 10.8. The lowest BCUT2D eigenvalue weighted by atomic mass is 9.77. The highest BCUT2D eigenvalue weighted by Crippen LogP contribution is 2.40. The normalized spacial score (nSPS) is 48.1. The third-order valence-corrected chi connectivity index (χ3v) is 12.7. The third-order valence-electron chi connectivity index (χ3n) is 12.7. The molecule has 0 radical (unpaired) electrons. The Morgan fingerprint density at radius 3 is 2.12 bits per heavy atom. The molecule has 3 fully saturated rings. The molecule has 3 aliphatic heterocycles. The monoisotopic (exact) mass is 803 g/mol. The summed E-state index contributed by atoms with van der Waals surface area (Å²) in [5.41, 5.74) is -4.50. The first-order chi connectivity index (χ1) is 25.9. The lowest BCUT2D eigenvalue weighted by Crippen LogP contribution is -2.65. The van der Waals surface area contributed by atoms with Crippen molar-refractivity contribution >= 4 is 5.97 Å². The van der Waals surface area contributed by atoms with Crippen LogP contribution in [0.25, 0.3) is 0 Å². The molecule has 19 atom stereocenters. The number of ether oxygens (including phenoxy) is 7. The van der Waals surface area contributed by atoms with E-state index in [0.717, 1.165) is 0 Å². The molecule has 0 aromatic heterocycles. The number of aliphatic hydroxyl groups is 5. The van der Waals surface area contributed by atoms with Crippen LogP contribution in [0.4, 0.5) is 0 Å². The molecule has 0 aromatic rings. The minimum absolute atomic E-state index is 0.0135. The molecule has 15 heteroatoms. The fraction of sp³-hybridized carbons (Fsp3) is 0.927. The summed E-state index contributed by atoms with van der Waals surface area (Å²) in [4.78, 5) is 18.0. The van der Waals surface area contributed by atoms with Crippen molar-refractivity contribution in [3.63, 3.8) is 0 Å². The Kier molecular flexibility index (Phi) is 17.2. The first kappa shape index (κ1) is 48.9. The highest BCUT2D eigenvalue weighted by Gasteiger charge is 2.54. The average molecular weight is 803 g/mol. The van der Waals surface area contributed by atoms with Gasteiger partial charge in [0.05, 0.1) is 47.6 Å². The second kappa shape index (κ2) is 19.7. The maximum Gasteiger partial charge on any atom is 0.311 e. The minimum atomic E-state index is -1.82. The van der Waals surface area contributed by atoms with Crippen molar-refractivity contribution in [3.8, 4) is 12.3 Å². The zero-order valence-corrected chi connectivity index (χ0v) is 36.2. The van der Waals surface area contributed by atoms with E-state index in [2.05, 4.69) is 5.92 Å². The van der Waals surface area contributed by atoms with E-state index in [-0.39, 0.29) is 31.8 Å². The standard InChI is InChI=1S/C41H74N2O13/c1-16-18-51-33-26(7)53-38(31(44)30(33)42(12)13)56-36-23(4)32(55-29-20-40(10,50-15)35(46)27(8)52-29)24(5)37(47)54-28(17-2)41(11,49)34(45)25(6)43(14)21-22(3)19-39(36,9)48/h1,22-36,38,44-46,48-49H,17-21H2,2-15H3/t22-,23+,24-,25-,26-,27+,28-,29+,30-,31-,32+,33-,34-,35+,36-,38+,39-,40-,41-/m1/s1. The summed E-state index contributed by atoms with van der Waals surface area (Å²) in [6, 6.07) is -1.17. The van der Waals surface area contributed by atoms with Gasteiger partial charge in [0.2, 0.25) is 0 Å². The van der Waals surface area contributed by atoms with E-state index in [4.69, 9.17) is 39.6 Å². The van der Waals surface area contributed by atoms with Crippen molar-refractivity contribution < 1.29 is 63.5 Å². The second-order valence-corrected chi connectivity index (χ2v) is 17.7. The molecule has 3 aliphatic rings. The number of esters is 1. The molecular weight excluding hydrogens is 728 g/mol. The van der Waals surface area contributed by atoms with E-state index in [0.29, 0.717) is 6.54 Å². The van der Waals surface area contributed by atoms with Crippen LogP contribution in [0.2, 0.25) is 0 Å². The topological polar surface area (TPSA) is 189 Å². The van der Waals surface area contributed by atoms with Crippen LogP contribution in [0.1, 0.15) is 88.5 Å². The SMILES string of the molecule is C#CCO[C@H]1[C@H](N(C)C)[C@@H](O)[C@H](O[C@@H]2[C@@H](C)[C@H](O[C@H]3C[C@@](C)(OC)[C@@H](O)[C@H](C)O3)[C@@H](C)C(=O)O[C@H](CC)[C@@](C)(O)[C@H](O)[C@@H](C)N(C)C[C@H](C)C[C@@]2(C)O)O[C@@H]1C. The van der Waals surface area contributed by atoms with Crippen molar-refractivity contribution in [3.05, 3.63) is 0 Å². The first-order valence-electron chi connectivity index (χ1n) is 20.2. The van der Waals surface area contributed by atoms with Gasteiger partial charge < -0.3 is 68.5 Å². The maximum absolute atomic E-state index is 14.3. The number of nitrogens with zero attached hydrogens (tertiary/aromatic N) is 2. The van der Waals surface area contributed by atoms with Gasteiger partial charge in [-0.2, -0.15) is 0 Å². The van der Waals surface area contributed by atoms with Crippen molar-refractivity contribution in [2.75, 3.05) is 41.4 Å². The van der Waals surface area contributed by atoms with Gasteiger partial charge in [-0.3, -0.25) is 4.79 Å². The molecule has 0 amide bonds. The summed E-state index contributed by atoms with van der Waals surface area (Å²) < 4.78 is 43.7. The average Bonchev–Trinajstić information content (AvgIpc) is 3.11. The molecule has 56 heavy (non-hydrogen) atoms. The molecule has 0 aromatic carbocycles. The smallest absolute Gasteiger partial charge is 0.311 e. The quantitative estimate of drug-likeness (QED) is 0.167. The Bertz CT molecular complexity index is 1300. The summed E-state index contributed by atoms with van der Waals surface area (Å²) in [5, 5.41) is 58.7. The summed E-state index contributed by atoms with van der Waals surface area (Å²) in [5.74, 6) is -0.294. The Hall–Kier alpha value is -1.49. The summed E-state index contributed by atoms with van der Waals surface area (Å²) in [6.07, 6.45) is -4.93. The Morgan fingerprint density at radius 1 is 0.946 bits per heavy atom. The number of hydrogen-bond donors (Lipinski definition) is 5. The number of carbonyl (C=O) groups excluding carboxylic acids is 1. The van der Waals surface area contributed by atoms with Crippen LogP contribution in [0.3, 0.4) is 0 Å². The van der Waals surface area contributed by atoms with Crippen LogP contribution >= 0.6 is 0 Å². The van der Waals surface area contributed by atoms with Gasteiger partial charge in [-0.15, -0.1) is 6.42 Å². The largest absolute Gasteiger partial charge is 0.459 e. The van der Waals surface area contributed by atoms with Gasteiger partial charge in [0.1, 0.15) is 42.7 Å². The van der Waals surface area contributed by atoms with Gasteiger partial charge in [0.25, 0.3) is 0 Å². The molecule has 0 bridgehead atoms. The number of methoxy groups -OCH3 is 1. The van der Waals surface area contributed by atoms with Crippen molar-refractivity contribution in [1.82, 2.24) is 9.80 Å². The Balaban J connectivity index is 2.19. The van der Waals surface area contributed by atoms with Crippen molar-refractivity contribution in [2.24, 2.45) is 17.8 Å². The lowest BCUT2D eigenvalue weighted by Gasteiger charge is -2.50. The van der Waals surface area contributed by atoms with Gasteiger partial charge in [0.15, 0.2) is 12.6 Å². The summed E-state index contributed by atoms with van der Waals surface area (Å²) in [7, 11) is 6.94. The molecule has 3 saturated heterocycles. The Labute approximate surface area is 335 Å². The predicted molar refractivity (Wildman–Crippen MR) is 208 cm³/mol. The van der Waals surface area contributed by atoms with Gasteiger partial charge in [0, 0.05) is 32.0 Å². The zero-order valence-electron chi connectivity index (χ0n) is 36.2. The molecule has 15 nitrogen and oxygen atoms in total. The number of rotatable bonds is 9. The van der Waals surface area contributed by atoms with Crippen LogP contribution in [-0.4, -0.2) is 179 Å². The molecule has 0 spiro atoms. The maximum atomic E-state index is 14.3. The molecule has 3 heterocycles. The minimum Gasteiger partial charge on any atom is -0.459 e. The van der Waals surface area contributed by atoms with Crippen LogP contribution in [0, 0.1) is 30.1 Å². The van der Waals surface area contributed by atoms with Crippen LogP contribution in [0.5, 0.6) is 0 Å². The van der Waals surface area contributed by atoms with Crippen molar-refractivity contribution in [2.45, 2.75) is 185 Å². The fourth-order valence-corrected chi connectivity index (χ4v) is 9.17. The Morgan fingerprint density at radius 2 is 1.57 bits per heavy atom. The van der Waals surface area contributed by atoms with E-state index in [1.165, 1.54) is 14.0 Å².